The van der Waals surface area contributed by atoms with E-state index >= 15 is 0 Å². The number of hydrogen-bond donors (Lipinski definition) is 1. The van der Waals surface area contributed by atoms with Gasteiger partial charge in [0, 0.05) is 39.5 Å². The predicted octanol–water partition coefficient (Wildman–Crippen LogP) is 1.88. The molecule has 0 bridgehead atoms. The zero-order chi connectivity index (χ0) is 15.8. The van der Waals surface area contributed by atoms with Gasteiger partial charge in [0.2, 0.25) is 0 Å². The van der Waals surface area contributed by atoms with Crippen LogP contribution in [0.4, 0.5) is 0 Å². The second-order valence-corrected chi connectivity index (χ2v) is 4.92. The van der Waals surface area contributed by atoms with Crippen molar-refractivity contribution >= 4 is 30.9 Å². The van der Waals surface area contributed by atoms with Crippen LogP contribution in [0.2, 0.25) is 0 Å². The molecule has 0 radical (unpaired) electrons. The van der Waals surface area contributed by atoms with Crippen LogP contribution < -0.4 is 5.09 Å². The Labute approximate surface area is 103 Å². The van der Waals surface area contributed by atoms with E-state index in [4.69, 9.17) is 36.0 Å². The minimum absolute atomic E-state index is 0.0670. The van der Waals surface area contributed by atoms with Crippen molar-refractivity contribution in [3.63, 3.8) is 0 Å². The molecule has 1 rings (SSSR count). The van der Waals surface area contributed by atoms with Gasteiger partial charge in [0.1, 0.15) is 0 Å². The van der Waals surface area contributed by atoms with Crippen LogP contribution >= 0.6 is 30.9 Å². The summed E-state index contributed by atoms with van der Waals surface area (Å²) in [6.45, 7) is -5.39. The molecule has 4 nitrogen and oxygen atoms in total. The second kappa shape index (κ2) is 6.31. The fourth-order valence-corrected chi connectivity index (χ4v) is 2.83. The summed E-state index contributed by atoms with van der Waals surface area (Å²) in [4.78, 5) is 0. The average Bonchev–Trinajstić information content (AvgIpc) is 2.22. The number of alkyl halides is 2. The zero-order valence-electron chi connectivity index (χ0n) is 13.3. The molecule has 1 aliphatic rings. The van der Waals surface area contributed by atoms with Gasteiger partial charge in [0.15, 0.2) is 0 Å². The third kappa shape index (κ3) is 3.37. The summed E-state index contributed by atoms with van der Waals surface area (Å²) in [5.74, 6) is -3.00. The van der Waals surface area contributed by atoms with Crippen LogP contribution in [0.1, 0.15) is 14.6 Å². The van der Waals surface area contributed by atoms with Gasteiger partial charge in [-0.25, -0.2) is 9.76 Å². The van der Waals surface area contributed by atoms with Crippen LogP contribution in [-0.4, -0.2) is 42.5 Å². The summed E-state index contributed by atoms with van der Waals surface area (Å²) in [5, 5.41) is 2.10. The van der Waals surface area contributed by atoms with Gasteiger partial charge in [0.25, 0.3) is 0 Å². The van der Waals surface area contributed by atoms with Crippen LogP contribution in [0.5, 0.6) is 0 Å². The van der Waals surface area contributed by atoms with Gasteiger partial charge in [-0.15, -0.1) is 23.2 Å². The number of hydrogen-bond acceptors (Lipinski definition) is 2. The molecule has 0 spiro atoms. The highest BCUT2D eigenvalue weighted by Crippen LogP contribution is 2.47. The number of halogens is 2. The van der Waals surface area contributed by atoms with Crippen LogP contribution in [0.25, 0.3) is 0 Å². The van der Waals surface area contributed by atoms with Crippen LogP contribution in [-0.2, 0) is 9.09 Å². The van der Waals surface area contributed by atoms with Crippen molar-refractivity contribution in [3.8, 4) is 0 Å². The first-order valence-electron chi connectivity index (χ1n) is 6.88. The molecule has 0 saturated carbocycles. The molecule has 1 heterocycles. The SMILES string of the molecule is [2H]C([2H])(Cl)CN(C([2H])([2H])CCl)P1(=O)NC([2H])([2H])CCO1. The van der Waals surface area contributed by atoms with E-state index in [0.29, 0.717) is 4.67 Å². The quantitative estimate of drug-likeness (QED) is 0.610. The lowest BCUT2D eigenvalue weighted by atomic mass is 10.5. The summed E-state index contributed by atoms with van der Waals surface area (Å²) in [6.07, 6.45) is -0.0670. The number of rotatable bonds is 5. The van der Waals surface area contributed by atoms with Crippen molar-refractivity contribution in [2.45, 2.75) is 6.42 Å². The molecule has 1 fully saturated rings. The molecular weight excluding hydrogens is 246 g/mol. The Morgan fingerprint density at radius 1 is 1.71 bits per heavy atom. The molecule has 0 aromatic rings. The minimum atomic E-state index is -4.16. The van der Waals surface area contributed by atoms with E-state index in [1.54, 1.807) is 0 Å². The molecule has 14 heavy (non-hydrogen) atoms. The smallest absolute Gasteiger partial charge is 0.306 e. The zero-order valence-corrected chi connectivity index (χ0v) is 9.70. The lowest BCUT2D eigenvalue weighted by Crippen LogP contribution is -2.35. The minimum Gasteiger partial charge on any atom is -0.306 e. The summed E-state index contributed by atoms with van der Waals surface area (Å²) < 4.78 is 63.4. The molecule has 0 amide bonds. The summed E-state index contributed by atoms with van der Waals surface area (Å²) in [6, 6.07) is 0. The normalized spacial score (nSPS) is 40.2. The molecule has 1 saturated heterocycles. The highest BCUT2D eigenvalue weighted by Gasteiger charge is 2.32. The maximum atomic E-state index is 12.7. The third-order valence-electron chi connectivity index (χ3n) is 1.48. The van der Waals surface area contributed by atoms with Crippen LogP contribution in [0, 0.1) is 0 Å². The molecule has 1 unspecified atom stereocenters. The van der Waals surface area contributed by atoms with Crippen molar-refractivity contribution in [1.82, 2.24) is 9.76 Å². The van der Waals surface area contributed by atoms with E-state index < -0.39 is 38.9 Å². The van der Waals surface area contributed by atoms with E-state index in [9.17, 15) is 4.57 Å². The van der Waals surface area contributed by atoms with Crippen LogP contribution in [0.15, 0.2) is 0 Å². The van der Waals surface area contributed by atoms with Crippen molar-refractivity contribution in [2.75, 3.05) is 37.9 Å². The fourth-order valence-electron chi connectivity index (χ4n) is 0.906. The van der Waals surface area contributed by atoms with Crippen molar-refractivity contribution in [1.29, 1.82) is 0 Å². The topological polar surface area (TPSA) is 41.6 Å². The lowest BCUT2D eigenvalue weighted by Gasteiger charge is -2.33. The number of nitrogens with one attached hydrogen (secondary N) is 1. The van der Waals surface area contributed by atoms with E-state index in [1.807, 2.05) is 0 Å². The molecule has 1 N–H and O–H groups in total. The Balaban J connectivity index is 3.13. The summed E-state index contributed by atoms with van der Waals surface area (Å²) in [5.41, 5.74) is 0. The maximum Gasteiger partial charge on any atom is 0.343 e. The van der Waals surface area contributed by atoms with Crippen molar-refractivity contribution < 1.29 is 17.3 Å². The Hall–Kier alpha value is 0.690. The van der Waals surface area contributed by atoms with Gasteiger partial charge in [-0.1, -0.05) is 0 Å². The lowest BCUT2D eigenvalue weighted by molar-refractivity contribution is 0.233. The first kappa shape index (κ1) is 6.43. The van der Waals surface area contributed by atoms with Gasteiger partial charge in [-0.2, -0.15) is 0 Å². The Morgan fingerprint density at radius 2 is 2.50 bits per heavy atom. The molecule has 0 aromatic heterocycles. The van der Waals surface area contributed by atoms with Gasteiger partial charge in [0.05, 0.1) is 6.61 Å². The Bertz CT molecular complexity index is 407. The Kier molecular flexibility index (Phi) is 2.90. The van der Waals surface area contributed by atoms with E-state index in [2.05, 4.69) is 5.09 Å². The molecule has 7 heteroatoms. The van der Waals surface area contributed by atoms with Crippen LogP contribution in [0.3, 0.4) is 0 Å². The first-order chi connectivity index (χ1) is 8.81. The van der Waals surface area contributed by atoms with E-state index in [-0.39, 0.29) is 13.0 Å². The molecular formula is C7H15Cl2N2O2P. The molecule has 84 valence electrons. The fraction of sp³-hybridized carbons (Fsp3) is 1.00. The van der Waals surface area contributed by atoms with E-state index in [1.165, 1.54) is 0 Å². The predicted molar refractivity (Wildman–Crippen MR) is 59.2 cm³/mol. The van der Waals surface area contributed by atoms with Crippen molar-refractivity contribution in [3.05, 3.63) is 0 Å². The number of nitrogens with zero attached hydrogens (tertiary/aromatic N) is 1. The Morgan fingerprint density at radius 3 is 3.07 bits per heavy atom. The van der Waals surface area contributed by atoms with E-state index in [0.717, 1.165) is 0 Å². The molecule has 1 aliphatic heterocycles. The average molecular weight is 267 g/mol. The largest absolute Gasteiger partial charge is 0.343 e. The molecule has 1 atom stereocenters. The maximum absolute atomic E-state index is 12.7. The highest BCUT2D eigenvalue weighted by molar-refractivity contribution is 7.54. The first-order valence-corrected chi connectivity index (χ1v) is 6.37. The highest BCUT2D eigenvalue weighted by atomic mass is 35.5. The third-order valence-corrected chi connectivity index (χ3v) is 3.61. The molecule has 0 aliphatic carbocycles. The van der Waals surface area contributed by atoms with Gasteiger partial charge < -0.3 is 4.52 Å². The van der Waals surface area contributed by atoms with Gasteiger partial charge >= 0.3 is 7.67 Å². The monoisotopic (exact) mass is 266 g/mol. The van der Waals surface area contributed by atoms with Gasteiger partial charge in [-0.3, -0.25) is 4.57 Å². The molecule has 0 aromatic carbocycles. The van der Waals surface area contributed by atoms with Gasteiger partial charge in [-0.05, 0) is 6.42 Å². The summed E-state index contributed by atoms with van der Waals surface area (Å²) in [7, 11) is -4.16. The standard InChI is InChI=1S/C7H15Cl2N2O2P/c8-2-5-11(6-3-9)14(12)10-4-1-7-13-14/h1-7H2,(H,10,12)/i2D2,4D2,6D2. The van der Waals surface area contributed by atoms with Crippen molar-refractivity contribution in [2.24, 2.45) is 0 Å². The second-order valence-electron chi connectivity index (χ2n) is 2.38. The summed E-state index contributed by atoms with van der Waals surface area (Å²) >= 11 is 10.9.